The van der Waals surface area contributed by atoms with Crippen LogP contribution in [0, 0.1) is 0 Å². The molecule has 0 aromatic rings. The SMILES string of the molecule is CN(C/C=C/B1OC(C)(C)C(C)(C)O1)C(=O)OC(C)(C)C. The summed E-state index contributed by atoms with van der Waals surface area (Å²) in [5.41, 5.74) is -1.18. The summed E-state index contributed by atoms with van der Waals surface area (Å²) in [5, 5.41) is 0. The second-order valence-corrected chi connectivity index (χ2v) is 7.41. The highest BCUT2D eigenvalue weighted by atomic mass is 16.7. The van der Waals surface area contributed by atoms with E-state index in [-0.39, 0.29) is 24.4 Å². The Balaban J connectivity index is 2.48. The van der Waals surface area contributed by atoms with Crippen LogP contribution in [-0.2, 0) is 14.0 Å². The lowest BCUT2D eigenvalue weighted by molar-refractivity contribution is 0.00578. The summed E-state index contributed by atoms with van der Waals surface area (Å²) in [5.74, 6) is 1.83. The predicted octanol–water partition coefficient (Wildman–Crippen LogP) is 3.04. The van der Waals surface area contributed by atoms with E-state index in [0.717, 1.165) is 0 Å². The van der Waals surface area contributed by atoms with Gasteiger partial charge in [0.25, 0.3) is 0 Å². The van der Waals surface area contributed by atoms with E-state index in [0.29, 0.717) is 6.54 Å². The molecular formula is C15H28BNO4. The first-order chi connectivity index (χ1) is 9.34. The van der Waals surface area contributed by atoms with E-state index in [2.05, 4.69) is 0 Å². The van der Waals surface area contributed by atoms with Crippen LogP contribution < -0.4 is 0 Å². The molecule has 1 aliphatic rings. The van der Waals surface area contributed by atoms with Crippen LogP contribution in [0.4, 0.5) is 4.79 Å². The second kappa shape index (κ2) is 6.01. The molecule has 21 heavy (non-hydrogen) atoms. The molecule has 0 unspecified atom stereocenters. The summed E-state index contributed by atoms with van der Waals surface area (Å²) in [6.45, 7) is 14.0. The molecule has 0 radical (unpaired) electrons. The van der Waals surface area contributed by atoms with E-state index in [4.69, 9.17) is 14.0 Å². The molecule has 0 saturated carbocycles. The molecule has 0 aromatic carbocycles. The van der Waals surface area contributed by atoms with Crippen LogP contribution in [0.25, 0.3) is 0 Å². The van der Waals surface area contributed by atoms with Crippen molar-refractivity contribution in [2.75, 3.05) is 13.6 Å². The Morgan fingerprint density at radius 2 is 1.67 bits per heavy atom. The summed E-state index contributed by atoms with van der Waals surface area (Å²) < 4.78 is 17.0. The minimum absolute atomic E-state index is 0.346. The maximum absolute atomic E-state index is 11.8. The van der Waals surface area contributed by atoms with Crippen molar-refractivity contribution in [3.63, 3.8) is 0 Å². The molecule has 5 nitrogen and oxygen atoms in total. The fourth-order valence-electron chi connectivity index (χ4n) is 1.71. The first-order valence-corrected chi connectivity index (χ1v) is 7.30. The van der Waals surface area contributed by atoms with Crippen LogP contribution in [0.15, 0.2) is 12.1 Å². The van der Waals surface area contributed by atoms with Crippen LogP contribution in [0.5, 0.6) is 0 Å². The van der Waals surface area contributed by atoms with E-state index >= 15 is 0 Å². The zero-order valence-corrected chi connectivity index (χ0v) is 14.5. The summed E-state index contributed by atoms with van der Waals surface area (Å²) in [6, 6.07) is 0. The number of nitrogens with zero attached hydrogens (tertiary/aromatic N) is 1. The first kappa shape index (κ1) is 18.0. The van der Waals surface area contributed by atoms with Crippen LogP contribution in [0.3, 0.4) is 0 Å². The van der Waals surface area contributed by atoms with E-state index < -0.39 is 5.60 Å². The Morgan fingerprint density at radius 1 is 1.19 bits per heavy atom. The normalized spacial score (nSPS) is 20.9. The lowest BCUT2D eigenvalue weighted by atomic mass is 9.90. The molecule has 1 amide bonds. The third-order valence-electron chi connectivity index (χ3n) is 3.65. The second-order valence-electron chi connectivity index (χ2n) is 7.41. The van der Waals surface area contributed by atoms with Gasteiger partial charge in [-0.3, -0.25) is 0 Å². The van der Waals surface area contributed by atoms with Gasteiger partial charge < -0.3 is 18.9 Å². The average molecular weight is 297 g/mol. The molecule has 0 atom stereocenters. The van der Waals surface area contributed by atoms with Crippen molar-refractivity contribution in [2.45, 2.75) is 65.3 Å². The van der Waals surface area contributed by atoms with Gasteiger partial charge in [-0.2, -0.15) is 0 Å². The quantitative estimate of drug-likeness (QED) is 0.751. The van der Waals surface area contributed by atoms with Crippen molar-refractivity contribution in [1.82, 2.24) is 4.90 Å². The monoisotopic (exact) mass is 297 g/mol. The van der Waals surface area contributed by atoms with E-state index in [1.165, 1.54) is 4.90 Å². The molecule has 0 spiro atoms. The Hall–Kier alpha value is -1.01. The maximum atomic E-state index is 11.8. The number of amides is 1. The number of rotatable bonds is 3. The topological polar surface area (TPSA) is 48.0 Å². The van der Waals surface area contributed by atoms with Gasteiger partial charge in [0.1, 0.15) is 5.60 Å². The number of hydrogen-bond acceptors (Lipinski definition) is 4. The molecule has 0 aromatic heterocycles. The molecule has 1 rings (SSSR count). The molecule has 1 aliphatic heterocycles. The van der Waals surface area contributed by atoms with Crippen molar-refractivity contribution in [2.24, 2.45) is 0 Å². The summed E-state index contributed by atoms with van der Waals surface area (Å²) >= 11 is 0. The minimum Gasteiger partial charge on any atom is -0.444 e. The van der Waals surface area contributed by atoms with Gasteiger partial charge in [-0.1, -0.05) is 12.1 Å². The van der Waals surface area contributed by atoms with Gasteiger partial charge in [-0.25, -0.2) is 4.79 Å². The zero-order chi connectivity index (χ0) is 16.5. The average Bonchev–Trinajstić information content (AvgIpc) is 2.44. The Bertz CT molecular complexity index is 396. The summed E-state index contributed by atoms with van der Waals surface area (Å²) in [4.78, 5) is 13.3. The molecular weight excluding hydrogens is 269 g/mol. The zero-order valence-electron chi connectivity index (χ0n) is 14.5. The largest absolute Gasteiger partial charge is 0.486 e. The Kier molecular flexibility index (Phi) is 5.16. The van der Waals surface area contributed by atoms with E-state index in [9.17, 15) is 4.79 Å². The Morgan fingerprint density at radius 3 is 2.10 bits per heavy atom. The van der Waals surface area contributed by atoms with Crippen molar-refractivity contribution < 1.29 is 18.8 Å². The number of hydrogen-bond donors (Lipinski definition) is 0. The van der Waals surface area contributed by atoms with Crippen molar-refractivity contribution in [1.29, 1.82) is 0 Å². The smallest absolute Gasteiger partial charge is 0.444 e. The molecule has 1 heterocycles. The molecule has 120 valence electrons. The lowest BCUT2D eigenvalue weighted by Crippen LogP contribution is -2.41. The summed E-state index contributed by atoms with van der Waals surface area (Å²) in [7, 11) is 1.31. The van der Waals surface area contributed by atoms with Gasteiger partial charge in [0, 0.05) is 13.6 Å². The number of carbonyl (C=O) groups excluding carboxylic acids is 1. The predicted molar refractivity (Wildman–Crippen MR) is 84.1 cm³/mol. The van der Waals surface area contributed by atoms with Crippen molar-refractivity contribution in [3.05, 3.63) is 12.1 Å². The van der Waals surface area contributed by atoms with Gasteiger partial charge in [0.05, 0.1) is 11.2 Å². The van der Waals surface area contributed by atoms with Crippen LogP contribution in [0.1, 0.15) is 48.5 Å². The van der Waals surface area contributed by atoms with Crippen LogP contribution in [0.2, 0.25) is 0 Å². The van der Waals surface area contributed by atoms with Gasteiger partial charge >= 0.3 is 13.2 Å². The maximum Gasteiger partial charge on any atom is 0.486 e. The fraction of sp³-hybridized carbons (Fsp3) is 0.800. The highest BCUT2D eigenvalue weighted by Gasteiger charge is 2.49. The van der Waals surface area contributed by atoms with Gasteiger partial charge in [0.15, 0.2) is 0 Å². The molecule has 0 N–H and O–H groups in total. The van der Waals surface area contributed by atoms with Crippen molar-refractivity contribution in [3.8, 4) is 0 Å². The molecule has 1 saturated heterocycles. The highest BCUT2D eigenvalue weighted by molar-refractivity contribution is 6.51. The van der Waals surface area contributed by atoms with Gasteiger partial charge in [-0.05, 0) is 48.5 Å². The first-order valence-electron chi connectivity index (χ1n) is 7.30. The van der Waals surface area contributed by atoms with Gasteiger partial charge in [0.2, 0.25) is 0 Å². The van der Waals surface area contributed by atoms with Crippen molar-refractivity contribution >= 4 is 13.2 Å². The highest BCUT2D eigenvalue weighted by Crippen LogP contribution is 2.36. The third kappa shape index (κ3) is 5.04. The van der Waals surface area contributed by atoms with Crippen LogP contribution >= 0.6 is 0 Å². The van der Waals surface area contributed by atoms with E-state index in [1.807, 2.05) is 60.5 Å². The van der Waals surface area contributed by atoms with Gasteiger partial charge in [-0.15, -0.1) is 0 Å². The standard InChI is InChI=1S/C15H28BNO4/c1-13(2,3)19-12(18)17(8)11-9-10-16-20-14(4,5)15(6,7)21-16/h9-10H,11H2,1-8H3/b10-9+. The van der Waals surface area contributed by atoms with Crippen LogP contribution in [-0.4, -0.2) is 48.5 Å². The number of likely N-dealkylation sites (N-methyl/N-ethyl adjacent to an activating group) is 1. The fourth-order valence-corrected chi connectivity index (χ4v) is 1.71. The third-order valence-corrected chi connectivity index (χ3v) is 3.65. The Labute approximate surface area is 128 Å². The molecule has 0 aliphatic carbocycles. The number of ether oxygens (including phenoxy) is 1. The summed E-state index contributed by atoms with van der Waals surface area (Å²) in [6.07, 6.45) is 1.51. The minimum atomic E-state index is -0.485. The molecule has 6 heteroatoms. The molecule has 0 bridgehead atoms. The lowest BCUT2D eigenvalue weighted by Gasteiger charge is -2.32. The van der Waals surface area contributed by atoms with E-state index in [1.54, 1.807) is 7.05 Å². The molecule has 1 fully saturated rings. The number of carbonyl (C=O) groups is 1.